The topological polar surface area (TPSA) is 68.8 Å². The van der Waals surface area contributed by atoms with E-state index in [9.17, 15) is 4.79 Å². The number of benzene rings is 1. The predicted octanol–water partition coefficient (Wildman–Crippen LogP) is 1.17. The zero-order chi connectivity index (χ0) is 15.2. The molecule has 0 aliphatic rings. The van der Waals surface area contributed by atoms with Gasteiger partial charge in [0.05, 0.1) is 26.4 Å². The van der Waals surface area contributed by atoms with Crippen molar-refractivity contribution in [1.82, 2.24) is 10.6 Å². The number of hydrogen-bond acceptors (Lipinski definition) is 5. The largest absolute Gasteiger partial charge is 0.445 e. The normalized spacial score (nSPS) is 10.3. The summed E-state index contributed by atoms with van der Waals surface area (Å²) in [4.78, 5) is 11.4. The van der Waals surface area contributed by atoms with Gasteiger partial charge in [0.1, 0.15) is 6.61 Å². The Morgan fingerprint density at radius 2 is 1.67 bits per heavy atom. The Bertz CT molecular complexity index is 373. The molecule has 0 unspecified atom stereocenters. The van der Waals surface area contributed by atoms with Crippen LogP contribution in [0.3, 0.4) is 0 Å². The predicted molar refractivity (Wildman–Crippen MR) is 80.2 cm³/mol. The molecule has 1 aromatic rings. The molecule has 0 aliphatic carbocycles. The lowest BCUT2D eigenvalue weighted by molar-refractivity contribution is 0.0496. The van der Waals surface area contributed by atoms with Crippen molar-refractivity contribution in [3.8, 4) is 0 Å². The van der Waals surface area contributed by atoms with Crippen molar-refractivity contribution < 1.29 is 19.0 Å². The fourth-order valence-electron chi connectivity index (χ4n) is 1.50. The van der Waals surface area contributed by atoms with Crippen LogP contribution in [0.2, 0.25) is 0 Å². The Hall–Kier alpha value is -1.63. The van der Waals surface area contributed by atoms with Gasteiger partial charge < -0.3 is 24.8 Å². The molecule has 0 bridgehead atoms. The Balaban J connectivity index is 1.89. The SMILES string of the molecule is CNCCOCCOCCNC(=O)OCc1ccccc1. The smallest absolute Gasteiger partial charge is 0.407 e. The van der Waals surface area contributed by atoms with Crippen LogP contribution in [0.4, 0.5) is 4.79 Å². The van der Waals surface area contributed by atoms with Gasteiger partial charge in [0.2, 0.25) is 0 Å². The van der Waals surface area contributed by atoms with Gasteiger partial charge >= 0.3 is 6.09 Å². The molecular formula is C15H24N2O4. The van der Waals surface area contributed by atoms with Crippen molar-refractivity contribution in [3.05, 3.63) is 35.9 Å². The molecule has 118 valence electrons. The molecule has 0 aliphatic heterocycles. The van der Waals surface area contributed by atoms with Gasteiger partial charge in [0.15, 0.2) is 0 Å². The molecule has 0 saturated heterocycles. The van der Waals surface area contributed by atoms with Crippen LogP contribution < -0.4 is 10.6 Å². The second-order valence-corrected chi connectivity index (χ2v) is 4.32. The van der Waals surface area contributed by atoms with Gasteiger partial charge in [0.25, 0.3) is 0 Å². The second kappa shape index (κ2) is 12.1. The van der Waals surface area contributed by atoms with E-state index in [0.29, 0.717) is 33.0 Å². The summed E-state index contributed by atoms with van der Waals surface area (Å²) in [5.74, 6) is 0. The Morgan fingerprint density at radius 1 is 1.00 bits per heavy atom. The van der Waals surface area contributed by atoms with Gasteiger partial charge in [-0.25, -0.2) is 4.79 Å². The third kappa shape index (κ3) is 9.84. The van der Waals surface area contributed by atoms with E-state index in [1.807, 2.05) is 37.4 Å². The maximum Gasteiger partial charge on any atom is 0.407 e. The van der Waals surface area contributed by atoms with Crippen molar-refractivity contribution in [2.75, 3.05) is 46.6 Å². The zero-order valence-corrected chi connectivity index (χ0v) is 12.5. The van der Waals surface area contributed by atoms with Crippen LogP contribution >= 0.6 is 0 Å². The van der Waals surface area contributed by atoms with E-state index in [1.165, 1.54) is 0 Å². The molecule has 0 atom stereocenters. The number of nitrogens with one attached hydrogen (secondary N) is 2. The Kier molecular flexibility index (Phi) is 10.1. The summed E-state index contributed by atoms with van der Waals surface area (Å²) in [5, 5.41) is 5.62. The van der Waals surface area contributed by atoms with Crippen molar-refractivity contribution in [1.29, 1.82) is 0 Å². The molecule has 0 saturated carbocycles. The molecule has 0 fully saturated rings. The molecule has 0 spiro atoms. The van der Waals surface area contributed by atoms with E-state index in [2.05, 4.69) is 10.6 Å². The van der Waals surface area contributed by atoms with Crippen LogP contribution in [-0.4, -0.2) is 52.7 Å². The van der Waals surface area contributed by atoms with E-state index in [-0.39, 0.29) is 6.61 Å². The van der Waals surface area contributed by atoms with Crippen LogP contribution in [0.15, 0.2) is 30.3 Å². The Labute approximate surface area is 125 Å². The maximum atomic E-state index is 11.4. The van der Waals surface area contributed by atoms with Crippen LogP contribution in [0.1, 0.15) is 5.56 Å². The van der Waals surface area contributed by atoms with E-state index >= 15 is 0 Å². The van der Waals surface area contributed by atoms with Crippen LogP contribution in [-0.2, 0) is 20.8 Å². The van der Waals surface area contributed by atoms with Gasteiger partial charge in [-0.3, -0.25) is 0 Å². The average molecular weight is 296 g/mol. The number of alkyl carbamates (subject to hydrolysis) is 1. The molecule has 1 amide bonds. The zero-order valence-electron chi connectivity index (χ0n) is 12.5. The minimum atomic E-state index is -0.437. The lowest BCUT2D eigenvalue weighted by Gasteiger charge is -2.08. The molecular weight excluding hydrogens is 272 g/mol. The van der Waals surface area contributed by atoms with Crippen molar-refractivity contribution in [2.45, 2.75) is 6.61 Å². The molecule has 2 N–H and O–H groups in total. The van der Waals surface area contributed by atoms with Crippen LogP contribution in [0, 0.1) is 0 Å². The highest BCUT2D eigenvalue weighted by atomic mass is 16.5. The number of carbonyl (C=O) groups is 1. The fraction of sp³-hybridized carbons (Fsp3) is 0.533. The number of carbonyl (C=O) groups excluding carboxylic acids is 1. The summed E-state index contributed by atoms with van der Waals surface area (Å²) >= 11 is 0. The fourth-order valence-corrected chi connectivity index (χ4v) is 1.50. The monoisotopic (exact) mass is 296 g/mol. The number of rotatable bonds is 11. The van der Waals surface area contributed by atoms with E-state index in [4.69, 9.17) is 14.2 Å². The number of likely N-dealkylation sites (N-methyl/N-ethyl adjacent to an activating group) is 1. The number of ether oxygens (including phenoxy) is 3. The highest BCUT2D eigenvalue weighted by molar-refractivity contribution is 5.67. The number of amides is 1. The summed E-state index contributed by atoms with van der Waals surface area (Å²) in [5.41, 5.74) is 0.961. The third-order valence-electron chi connectivity index (χ3n) is 2.60. The summed E-state index contributed by atoms with van der Waals surface area (Å²) < 4.78 is 15.7. The van der Waals surface area contributed by atoms with Gasteiger partial charge in [-0.05, 0) is 12.6 Å². The Morgan fingerprint density at radius 3 is 2.33 bits per heavy atom. The summed E-state index contributed by atoms with van der Waals surface area (Å²) in [6.45, 7) is 3.70. The first-order valence-electron chi connectivity index (χ1n) is 7.07. The first-order valence-corrected chi connectivity index (χ1v) is 7.07. The van der Waals surface area contributed by atoms with Crippen molar-refractivity contribution in [2.24, 2.45) is 0 Å². The van der Waals surface area contributed by atoms with Gasteiger partial charge in [-0.1, -0.05) is 30.3 Å². The van der Waals surface area contributed by atoms with Crippen molar-refractivity contribution in [3.63, 3.8) is 0 Å². The molecule has 0 heterocycles. The highest BCUT2D eigenvalue weighted by Crippen LogP contribution is 2.00. The molecule has 0 aromatic heterocycles. The summed E-state index contributed by atoms with van der Waals surface area (Å²) in [7, 11) is 1.88. The van der Waals surface area contributed by atoms with Crippen LogP contribution in [0.25, 0.3) is 0 Å². The van der Waals surface area contributed by atoms with Crippen molar-refractivity contribution >= 4 is 6.09 Å². The van der Waals surface area contributed by atoms with Gasteiger partial charge in [0, 0.05) is 13.1 Å². The minimum absolute atomic E-state index is 0.271. The average Bonchev–Trinajstić information content (AvgIpc) is 2.52. The molecule has 6 nitrogen and oxygen atoms in total. The highest BCUT2D eigenvalue weighted by Gasteiger charge is 2.01. The first kappa shape index (κ1) is 17.4. The summed E-state index contributed by atoms with van der Waals surface area (Å²) in [6.07, 6.45) is -0.437. The first-order chi connectivity index (χ1) is 10.3. The molecule has 1 aromatic carbocycles. The van der Waals surface area contributed by atoms with E-state index in [1.54, 1.807) is 0 Å². The molecule has 6 heteroatoms. The standard InChI is InChI=1S/C15H24N2O4/c1-16-7-9-19-11-12-20-10-8-17-15(18)21-13-14-5-3-2-4-6-14/h2-6,16H,7-13H2,1H3,(H,17,18). The lowest BCUT2D eigenvalue weighted by Crippen LogP contribution is -2.28. The molecule has 21 heavy (non-hydrogen) atoms. The molecule has 0 radical (unpaired) electrons. The van der Waals surface area contributed by atoms with E-state index in [0.717, 1.165) is 12.1 Å². The maximum absolute atomic E-state index is 11.4. The van der Waals surface area contributed by atoms with Gasteiger partial charge in [-0.15, -0.1) is 0 Å². The lowest BCUT2D eigenvalue weighted by atomic mass is 10.2. The minimum Gasteiger partial charge on any atom is -0.445 e. The quantitative estimate of drug-likeness (QED) is 0.600. The number of hydrogen-bond donors (Lipinski definition) is 2. The third-order valence-corrected chi connectivity index (χ3v) is 2.60. The second-order valence-electron chi connectivity index (χ2n) is 4.32. The van der Waals surface area contributed by atoms with E-state index < -0.39 is 6.09 Å². The van der Waals surface area contributed by atoms with Gasteiger partial charge in [-0.2, -0.15) is 0 Å². The molecule has 1 rings (SSSR count). The summed E-state index contributed by atoms with van der Waals surface area (Å²) in [6, 6.07) is 9.55. The van der Waals surface area contributed by atoms with Crippen LogP contribution in [0.5, 0.6) is 0 Å².